The number of benzene rings is 1. The van der Waals surface area contributed by atoms with Crippen molar-refractivity contribution in [3.63, 3.8) is 0 Å². The maximum atomic E-state index is 14.4. The van der Waals surface area contributed by atoms with Crippen molar-refractivity contribution in [2.75, 3.05) is 20.8 Å². The molecule has 0 aromatic heterocycles. The molecule has 0 atom stereocenters. The molecule has 106 valence electrons. The molecule has 1 aliphatic rings. The normalized spacial score (nSPS) is 18.1. The van der Waals surface area contributed by atoms with Crippen LogP contribution < -0.4 is 15.2 Å². The van der Waals surface area contributed by atoms with Crippen molar-refractivity contribution in [1.29, 1.82) is 0 Å². The van der Waals surface area contributed by atoms with E-state index < -0.39 is 0 Å². The third-order valence-electron chi connectivity index (χ3n) is 4.23. The van der Waals surface area contributed by atoms with E-state index in [0.717, 1.165) is 25.7 Å². The van der Waals surface area contributed by atoms with Gasteiger partial charge in [0.25, 0.3) is 0 Å². The smallest absolute Gasteiger partial charge is 0.167 e. The van der Waals surface area contributed by atoms with Crippen LogP contribution in [0.1, 0.15) is 37.7 Å². The zero-order valence-corrected chi connectivity index (χ0v) is 11.7. The van der Waals surface area contributed by atoms with E-state index in [1.54, 1.807) is 20.3 Å². The van der Waals surface area contributed by atoms with E-state index in [9.17, 15) is 4.39 Å². The fraction of sp³-hybridized carbons (Fsp3) is 0.600. The minimum absolute atomic E-state index is 0.245. The van der Waals surface area contributed by atoms with E-state index in [0.29, 0.717) is 23.6 Å². The lowest BCUT2D eigenvalue weighted by Crippen LogP contribution is -2.38. The second-order valence-corrected chi connectivity index (χ2v) is 5.20. The molecule has 0 bridgehead atoms. The summed E-state index contributed by atoms with van der Waals surface area (Å²) >= 11 is 0. The molecule has 0 spiro atoms. The van der Waals surface area contributed by atoms with Gasteiger partial charge in [-0.25, -0.2) is 4.39 Å². The molecule has 3 nitrogen and oxygen atoms in total. The fourth-order valence-electron chi connectivity index (χ4n) is 3.18. The molecule has 1 fully saturated rings. The summed E-state index contributed by atoms with van der Waals surface area (Å²) in [5, 5.41) is 0. The van der Waals surface area contributed by atoms with Crippen LogP contribution in [0.4, 0.5) is 4.39 Å². The molecule has 0 unspecified atom stereocenters. The summed E-state index contributed by atoms with van der Waals surface area (Å²) in [7, 11) is 3.11. The number of methoxy groups -OCH3 is 2. The van der Waals surface area contributed by atoms with Gasteiger partial charge in [0, 0.05) is 17.5 Å². The highest BCUT2D eigenvalue weighted by atomic mass is 19.1. The molecule has 0 aliphatic heterocycles. The predicted octanol–water partition coefficient (Wildman–Crippen LogP) is 3.00. The highest BCUT2D eigenvalue weighted by molar-refractivity contribution is 5.51. The lowest BCUT2D eigenvalue weighted by Gasteiger charge is -2.38. The van der Waals surface area contributed by atoms with E-state index >= 15 is 0 Å². The van der Waals surface area contributed by atoms with Crippen LogP contribution in [0.15, 0.2) is 12.1 Å². The number of nitrogens with two attached hydrogens (primary N) is 1. The Morgan fingerprint density at radius 3 is 2.37 bits per heavy atom. The molecule has 0 amide bonds. The first kappa shape index (κ1) is 14.1. The van der Waals surface area contributed by atoms with Gasteiger partial charge >= 0.3 is 0 Å². The van der Waals surface area contributed by atoms with Crippen LogP contribution in [0, 0.1) is 5.82 Å². The van der Waals surface area contributed by atoms with Gasteiger partial charge in [-0.05, 0) is 25.0 Å². The molecule has 0 heterocycles. The Balaban J connectivity index is 2.58. The van der Waals surface area contributed by atoms with E-state index in [-0.39, 0.29) is 11.2 Å². The van der Waals surface area contributed by atoms with Crippen molar-refractivity contribution < 1.29 is 13.9 Å². The molecule has 4 heteroatoms. The maximum Gasteiger partial charge on any atom is 0.167 e. The molecule has 1 aromatic carbocycles. The van der Waals surface area contributed by atoms with Crippen LogP contribution in [-0.2, 0) is 5.41 Å². The van der Waals surface area contributed by atoms with Gasteiger partial charge in [-0.2, -0.15) is 0 Å². The number of hydrogen-bond donors (Lipinski definition) is 1. The SMILES string of the molecule is COc1ccc(F)c(C2(CN)CCCCC2)c1OC. The van der Waals surface area contributed by atoms with Crippen molar-refractivity contribution in [2.45, 2.75) is 37.5 Å². The van der Waals surface area contributed by atoms with Gasteiger partial charge in [-0.15, -0.1) is 0 Å². The van der Waals surface area contributed by atoms with Gasteiger partial charge in [0.15, 0.2) is 11.5 Å². The summed E-state index contributed by atoms with van der Waals surface area (Å²) in [6.07, 6.45) is 5.16. The van der Waals surface area contributed by atoms with Crippen LogP contribution in [0.5, 0.6) is 11.5 Å². The van der Waals surface area contributed by atoms with Crippen LogP contribution >= 0.6 is 0 Å². The molecular weight excluding hydrogens is 245 g/mol. The van der Waals surface area contributed by atoms with Gasteiger partial charge in [0.05, 0.1) is 14.2 Å². The van der Waals surface area contributed by atoms with Crippen LogP contribution in [0.3, 0.4) is 0 Å². The maximum absolute atomic E-state index is 14.4. The van der Waals surface area contributed by atoms with Crippen molar-refractivity contribution >= 4 is 0 Å². The molecule has 1 aromatic rings. The van der Waals surface area contributed by atoms with Crippen molar-refractivity contribution in [3.8, 4) is 11.5 Å². The van der Waals surface area contributed by atoms with Crippen LogP contribution in [0.25, 0.3) is 0 Å². The molecular formula is C15H22FNO2. The quantitative estimate of drug-likeness (QED) is 0.912. The Bertz CT molecular complexity index is 442. The predicted molar refractivity (Wildman–Crippen MR) is 73.3 cm³/mol. The minimum atomic E-state index is -0.317. The summed E-state index contributed by atoms with van der Waals surface area (Å²) in [4.78, 5) is 0. The Morgan fingerprint density at radius 1 is 1.16 bits per heavy atom. The van der Waals surface area contributed by atoms with Crippen LogP contribution in [-0.4, -0.2) is 20.8 Å². The van der Waals surface area contributed by atoms with E-state index in [1.807, 2.05) is 0 Å². The lowest BCUT2D eigenvalue weighted by atomic mass is 9.69. The third-order valence-corrected chi connectivity index (χ3v) is 4.23. The second kappa shape index (κ2) is 5.78. The largest absolute Gasteiger partial charge is 0.493 e. The molecule has 19 heavy (non-hydrogen) atoms. The number of halogens is 1. The Hall–Kier alpha value is -1.29. The van der Waals surface area contributed by atoms with Crippen molar-refractivity contribution in [2.24, 2.45) is 5.73 Å². The molecule has 1 aliphatic carbocycles. The number of ether oxygens (including phenoxy) is 2. The van der Waals surface area contributed by atoms with Gasteiger partial charge in [0.1, 0.15) is 5.82 Å². The second-order valence-electron chi connectivity index (χ2n) is 5.20. The van der Waals surface area contributed by atoms with E-state index in [4.69, 9.17) is 15.2 Å². The Kier molecular flexibility index (Phi) is 4.30. The molecule has 2 rings (SSSR count). The summed E-state index contributed by atoms with van der Waals surface area (Å²) in [6, 6.07) is 3.05. The number of hydrogen-bond acceptors (Lipinski definition) is 3. The lowest BCUT2D eigenvalue weighted by molar-refractivity contribution is 0.271. The molecule has 0 radical (unpaired) electrons. The van der Waals surface area contributed by atoms with Crippen LogP contribution in [0.2, 0.25) is 0 Å². The zero-order valence-electron chi connectivity index (χ0n) is 11.7. The van der Waals surface area contributed by atoms with Gasteiger partial charge in [-0.1, -0.05) is 19.3 Å². The molecule has 0 saturated heterocycles. The Labute approximate surface area is 113 Å². The Morgan fingerprint density at radius 2 is 1.84 bits per heavy atom. The van der Waals surface area contributed by atoms with Gasteiger partial charge < -0.3 is 15.2 Å². The monoisotopic (exact) mass is 267 g/mol. The van der Waals surface area contributed by atoms with E-state index in [1.165, 1.54) is 12.5 Å². The molecule has 2 N–H and O–H groups in total. The number of rotatable bonds is 4. The molecule has 1 saturated carbocycles. The highest BCUT2D eigenvalue weighted by Crippen LogP contribution is 2.46. The average Bonchev–Trinajstić information content (AvgIpc) is 2.47. The first-order chi connectivity index (χ1) is 9.18. The minimum Gasteiger partial charge on any atom is -0.493 e. The summed E-state index contributed by atoms with van der Waals surface area (Å²) < 4.78 is 25.1. The summed E-state index contributed by atoms with van der Waals surface area (Å²) in [5.41, 5.74) is 6.27. The third kappa shape index (κ3) is 2.41. The topological polar surface area (TPSA) is 44.5 Å². The first-order valence-corrected chi connectivity index (χ1v) is 6.79. The highest BCUT2D eigenvalue weighted by Gasteiger charge is 2.38. The van der Waals surface area contributed by atoms with Gasteiger partial charge in [0.2, 0.25) is 0 Å². The average molecular weight is 267 g/mol. The van der Waals surface area contributed by atoms with Gasteiger partial charge in [-0.3, -0.25) is 0 Å². The summed E-state index contributed by atoms with van der Waals surface area (Å²) in [5.74, 6) is 0.817. The van der Waals surface area contributed by atoms with Crippen molar-refractivity contribution in [3.05, 3.63) is 23.5 Å². The fourth-order valence-corrected chi connectivity index (χ4v) is 3.18. The standard InChI is InChI=1S/C15H22FNO2/c1-18-12-7-6-11(16)13(14(12)19-2)15(10-17)8-4-3-5-9-15/h6-7H,3-5,8-10,17H2,1-2H3. The van der Waals surface area contributed by atoms with E-state index in [2.05, 4.69) is 0 Å². The first-order valence-electron chi connectivity index (χ1n) is 6.79. The summed E-state index contributed by atoms with van der Waals surface area (Å²) in [6.45, 7) is 0.438. The zero-order chi connectivity index (χ0) is 13.9. The van der Waals surface area contributed by atoms with Crippen molar-refractivity contribution in [1.82, 2.24) is 0 Å².